The standard InChI is InChI=1S/C6H13O4PS/c1-11(8,12)10-4-6-5(7)2-3-9-6/h5-7H,2-4H2,1H3,(H,8,12)/t5-,6-,11?/m1/s1/i3T/t3?,5-,6-,11?. The Morgan fingerprint density at radius 3 is 3.00 bits per heavy atom. The van der Waals surface area contributed by atoms with Crippen LogP contribution < -0.4 is 0 Å². The maximum absolute atomic E-state index is 9.33. The Kier molecular flexibility index (Phi) is 3.12. The van der Waals surface area contributed by atoms with E-state index in [1.165, 1.54) is 6.66 Å². The van der Waals surface area contributed by atoms with Gasteiger partial charge in [0.25, 0.3) is 0 Å². The van der Waals surface area contributed by atoms with Crippen LogP contribution in [0.15, 0.2) is 0 Å². The molecule has 0 amide bonds. The van der Waals surface area contributed by atoms with Crippen LogP contribution in [0, 0.1) is 0 Å². The Morgan fingerprint density at radius 2 is 2.58 bits per heavy atom. The van der Waals surface area contributed by atoms with Crippen molar-refractivity contribution in [2.45, 2.75) is 18.6 Å². The highest BCUT2D eigenvalue weighted by atomic mass is 32.5. The summed E-state index contributed by atoms with van der Waals surface area (Å²) in [6.45, 7) is -1.89. The van der Waals surface area contributed by atoms with E-state index in [0.29, 0.717) is 0 Å². The van der Waals surface area contributed by atoms with Crippen LogP contribution >= 0.6 is 6.49 Å². The van der Waals surface area contributed by atoms with Gasteiger partial charge in [-0.15, -0.1) is 0 Å². The van der Waals surface area contributed by atoms with Crippen molar-refractivity contribution in [3.8, 4) is 0 Å². The highest BCUT2D eigenvalue weighted by Gasteiger charge is 2.27. The number of ether oxygens (including phenoxy) is 1. The number of aliphatic hydroxyl groups is 1. The minimum Gasteiger partial charge on any atom is -0.390 e. The summed E-state index contributed by atoms with van der Waals surface area (Å²) in [4.78, 5) is 9.15. The number of hydrogen-bond donors (Lipinski definition) is 2. The third-order valence-electron chi connectivity index (χ3n) is 1.52. The van der Waals surface area contributed by atoms with E-state index in [-0.39, 0.29) is 13.0 Å². The Hall–Kier alpha value is 0.490. The average molecular weight is 214 g/mol. The van der Waals surface area contributed by atoms with Gasteiger partial charge in [-0.3, -0.25) is 0 Å². The van der Waals surface area contributed by atoms with E-state index in [2.05, 4.69) is 11.8 Å². The molecule has 4 nitrogen and oxygen atoms in total. The zero-order valence-corrected chi connectivity index (χ0v) is 8.42. The fraction of sp³-hybridized carbons (Fsp3) is 1.00. The molecule has 0 saturated carbocycles. The molecule has 0 aromatic heterocycles. The molecule has 1 heterocycles. The molecule has 1 aliphatic rings. The topological polar surface area (TPSA) is 58.9 Å². The molecule has 2 N–H and O–H groups in total. The van der Waals surface area contributed by atoms with Crippen molar-refractivity contribution < 1.29 is 20.6 Å². The molecule has 0 aromatic rings. The molecule has 12 heavy (non-hydrogen) atoms. The zero-order chi connectivity index (χ0) is 10.1. The lowest BCUT2D eigenvalue weighted by atomic mass is 10.2. The first-order valence-corrected chi connectivity index (χ1v) is 6.71. The molecule has 72 valence electrons. The van der Waals surface area contributed by atoms with Crippen LogP contribution in [-0.4, -0.2) is 42.1 Å². The van der Waals surface area contributed by atoms with Crippen LogP contribution in [0.5, 0.6) is 0 Å². The lowest BCUT2D eigenvalue weighted by Crippen LogP contribution is -2.25. The van der Waals surface area contributed by atoms with Crippen molar-refractivity contribution >= 4 is 18.3 Å². The van der Waals surface area contributed by atoms with Gasteiger partial charge < -0.3 is 19.3 Å². The number of rotatable bonds is 3. The predicted molar refractivity (Wildman–Crippen MR) is 48.7 cm³/mol. The summed E-state index contributed by atoms with van der Waals surface area (Å²) < 4.78 is 17.2. The summed E-state index contributed by atoms with van der Waals surface area (Å²) in [5.74, 6) is 0. The quantitative estimate of drug-likeness (QED) is 0.652. The van der Waals surface area contributed by atoms with Gasteiger partial charge in [-0.25, -0.2) is 0 Å². The summed E-state index contributed by atoms with van der Waals surface area (Å²) in [6, 6.07) is 0. The van der Waals surface area contributed by atoms with E-state index in [9.17, 15) is 5.11 Å². The van der Waals surface area contributed by atoms with Crippen molar-refractivity contribution in [2.75, 3.05) is 19.9 Å². The van der Waals surface area contributed by atoms with Gasteiger partial charge in [-0.1, -0.05) is 0 Å². The summed E-state index contributed by atoms with van der Waals surface area (Å²) in [5, 5.41) is 9.33. The van der Waals surface area contributed by atoms with Gasteiger partial charge in [-0.2, -0.15) is 0 Å². The van der Waals surface area contributed by atoms with Crippen LogP contribution in [0.2, 0.25) is 0 Å². The molecule has 2 unspecified atom stereocenters. The van der Waals surface area contributed by atoms with Crippen molar-refractivity contribution in [1.82, 2.24) is 0 Å². The summed E-state index contributed by atoms with van der Waals surface area (Å²) in [5.41, 5.74) is 0. The number of hydrogen-bond acceptors (Lipinski definition) is 4. The predicted octanol–water partition coefficient (Wildman–Crippen LogP) is 0.0844. The van der Waals surface area contributed by atoms with Gasteiger partial charge in [-0.05, 0) is 18.2 Å². The van der Waals surface area contributed by atoms with Gasteiger partial charge in [0.15, 0.2) is 6.49 Å². The van der Waals surface area contributed by atoms with Crippen LogP contribution in [0.4, 0.5) is 0 Å². The zero-order valence-electron chi connectivity index (χ0n) is 7.71. The molecule has 1 fully saturated rings. The molecular weight excluding hydrogens is 199 g/mol. The van der Waals surface area contributed by atoms with E-state index in [1.807, 2.05) is 0 Å². The summed E-state index contributed by atoms with van der Waals surface area (Å²) >= 11 is 4.65. The highest BCUT2D eigenvalue weighted by Crippen LogP contribution is 2.37. The van der Waals surface area contributed by atoms with Crippen molar-refractivity contribution in [3.05, 3.63) is 0 Å². The minimum absolute atomic E-state index is 0.0564. The van der Waals surface area contributed by atoms with Crippen molar-refractivity contribution in [1.29, 1.82) is 0 Å². The average Bonchev–Trinajstić information content (AvgIpc) is 2.24. The molecular formula is C6H13O4PS. The minimum atomic E-state index is -2.68. The molecule has 1 rings (SSSR count). The summed E-state index contributed by atoms with van der Waals surface area (Å²) in [7, 11) is 0. The maximum atomic E-state index is 9.33. The normalized spacial score (nSPS) is 42.2. The molecule has 6 heteroatoms. The van der Waals surface area contributed by atoms with Crippen molar-refractivity contribution in [3.63, 3.8) is 0 Å². The van der Waals surface area contributed by atoms with Gasteiger partial charge >= 0.3 is 0 Å². The highest BCUT2D eigenvalue weighted by molar-refractivity contribution is 8.09. The van der Waals surface area contributed by atoms with E-state index in [1.54, 1.807) is 0 Å². The second kappa shape index (κ2) is 4.13. The van der Waals surface area contributed by atoms with Gasteiger partial charge in [0.2, 0.25) is 0 Å². The van der Waals surface area contributed by atoms with Crippen LogP contribution in [-0.2, 0) is 21.1 Å². The third kappa shape index (κ3) is 3.47. The fourth-order valence-corrected chi connectivity index (χ4v) is 1.49. The molecule has 0 aromatic carbocycles. The lowest BCUT2D eigenvalue weighted by Gasteiger charge is -2.16. The summed E-state index contributed by atoms with van der Waals surface area (Å²) in [6.07, 6.45) is -0.938. The molecule has 4 atom stereocenters. The van der Waals surface area contributed by atoms with E-state index in [4.69, 9.17) is 15.5 Å². The van der Waals surface area contributed by atoms with Gasteiger partial charge in [0.1, 0.15) is 6.10 Å². The van der Waals surface area contributed by atoms with Crippen LogP contribution in [0.25, 0.3) is 0 Å². The Labute approximate surface area is 78.1 Å². The third-order valence-corrected chi connectivity index (χ3v) is 2.46. The second-order valence-corrected chi connectivity index (χ2v) is 6.64. The Balaban J connectivity index is 2.34. The van der Waals surface area contributed by atoms with E-state index < -0.39 is 25.3 Å². The molecule has 0 radical (unpaired) electrons. The Bertz CT molecular complexity index is 221. The van der Waals surface area contributed by atoms with Crippen LogP contribution in [0.1, 0.15) is 7.79 Å². The smallest absolute Gasteiger partial charge is 0.183 e. The first-order chi connectivity index (χ1) is 5.88. The molecule has 1 saturated heterocycles. The monoisotopic (exact) mass is 214 g/mol. The SMILES string of the molecule is [3H]C1C[C@@H](O)[C@@H](COP(C)(O)=S)O1. The second-order valence-electron chi connectivity index (χ2n) is 2.74. The maximum Gasteiger partial charge on any atom is 0.183 e. The van der Waals surface area contributed by atoms with E-state index in [0.717, 1.165) is 0 Å². The molecule has 0 spiro atoms. The molecule has 0 aliphatic carbocycles. The van der Waals surface area contributed by atoms with Gasteiger partial charge in [0, 0.05) is 13.2 Å². The fourth-order valence-electron chi connectivity index (χ4n) is 0.882. The largest absolute Gasteiger partial charge is 0.390 e. The van der Waals surface area contributed by atoms with Crippen LogP contribution in [0.3, 0.4) is 0 Å². The molecule has 0 bridgehead atoms. The van der Waals surface area contributed by atoms with Gasteiger partial charge in [0.05, 0.1) is 14.1 Å². The van der Waals surface area contributed by atoms with Crippen molar-refractivity contribution in [2.24, 2.45) is 0 Å². The number of aliphatic hydroxyl groups excluding tert-OH is 1. The van der Waals surface area contributed by atoms with E-state index >= 15 is 0 Å². The Morgan fingerprint density at radius 1 is 1.92 bits per heavy atom. The first-order valence-electron chi connectivity index (χ1n) is 4.17. The molecule has 1 aliphatic heterocycles. The first kappa shape index (κ1) is 9.06. The lowest BCUT2D eigenvalue weighted by molar-refractivity contribution is 0.0115.